The lowest BCUT2D eigenvalue weighted by Gasteiger charge is -2.03. The molecular formula is C18H13F2N5OS. The molecule has 4 rings (SSSR count). The molecule has 0 aliphatic carbocycles. The maximum absolute atomic E-state index is 13.9. The summed E-state index contributed by atoms with van der Waals surface area (Å²) in [6.45, 7) is 2.64. The van der Waals surface area contributed by atoms with Crippen molar-refractivity contribution in [1.82, 2.24) is 20.0 Å². The van der Waals surface area contributed by atoms with Crippen molar-refractivity contribution in [2.75, 3.05) is 5.32 Å². The molecule has 0 radical (unpaired) electrons. The summed E-state index contributed by atoms with van der Waals surface area (Å²) in [5.41, 5.74) is 2.16. The highest BCUT2D eigenvalue weighted by molar-refractivity contribution is 7.14. The number of benzene rings is 2. The van der Waals surface area contributed by atoms with E-state index in [1.54, 1.807) is 28.3 Å². The Balaban J connectivity index is 1.57. The van der Waals surface area contributed by atoms with Crippen LogP contribution in [0.25, 0.3) is 22.3 Å². The number of hydrogen-bond acceptors (Lipinski definition) is 5. The van der Waals surface area contributed by atoms with Crippen molar-refractivity contribution in [1.29, 1.82) is 0 Å². The SMILES string of the molecule is CCn1nnc2cc(C(=O)Nc3nc(-c4cc(F)ccc4F)cs3)ccc21. The maximum Gasteiger partial charge on any atom is 0.257 e. The van der Waals surface area contributed by atoms with Crippen LogP contribution in [0.15, 0.2) is 41.8 Å². The average Bonchev–Trinajstić information content (AvgIpc) is 3.29. The van der Waals surface area contributed by atoms with Gasteiger partial charge in [0.15, 0.2) is 5.13 Å². The van der Waals surface area contributed by atoms with Crippen LogP contribution in [0.2, 0.25) is 0 Å². The molecule has 6 nitrogen and oxygen atoms in total. The van der Waals surface area contributed by atoms with E-state index < -0.39 is 11.6 Å². The van der Waals surface area contributed by atoms with Gasteiger partial charge in [0.1, 0.15) is 17.2 Å². The largest absolute Gasteiger partial charge is 0.298 e. The van der Waals surface area contributed by atoms with E-state index in [9.17, 15) is 13.6 Å². The summed E-state index contributed by atoms with van der Waals surface area (Å²) in [4.78, 5) is 16.6. The number of anilines is 1. The summed E-state index contributed by atoms with van der Waals surface area (Å²) in [5, 5.41) is 12.6. The monoisotopic (exact) mass is 385 g/mol. The lowest BCUT2D eigenvalue weighted by Crippen LogP contribution is -2.11. The van der Waals surface area contributed by atoms with Crippen molar-refractivity contribution in [3.63, 3.8) is 0 Å². The first-order chi connectivity index (χ1) is 13.0. The summed E-state index contributed by atoms with van der Waals surface area (Å²) in [7, 11) is 0. The fourth-order valence-electron chi connectivity index (χ4n) is 2.66. The van der Waals surface area contributed by atoms with Crippen LogP contribution in [0.4, 0.5) is 13.9 Å². The molecule has 1 amide bonds. The number of hydrogen-bond donors (Lipinski definition) is 1. The predicted molar refractivity (Wildman–Crippen MR) is 98.6 cm³/mol. The zero-order valence-electron chi connectivity index (χ0n) is 14.1. The Morgan fingerprint density at radius 3 is 2.89 bits per heavy atom. The van der Waals surface area contributed by atoms with Gasteiger partial charge in [-0.25, -0.2) is 18.4 Å². The van der Waals surface area contributed by atoms with Crippen molar-refractivity contribution < 1.29 is 13.6 Å². The van der Waals surface area contributed by atoms with E-state index in [4.69, 9.17) is 0 Å². The molecule has 0 saturated heterocycles. The summed E-state index contributed by atoms with van der Waals surface area (Å²) in [5.74, 6) is -1.51. The number of aromatic nitrogens is 4. The molecular weight excluding hydrogens is 372 g/mol. The van der Waals surface area contributed by atoms with Crippen molar-refractivity contribution >= 4 is 33.4 Å². The second kappa shape index (κ2) is 6.84. The molecule has 0 aliphatic heterocycles. The minimum absolute atomic E-state index is 0.0457. The number of fused-ring (bicyclic) bond motifs is 1. The van der Waals surface area contributed by atoms with Crippen molar-refractivity contribution in [3.8, 4) is 11.3 Å². The normalized spacial score (nSPS) is 11.1. The molecule has 2 heterocycles. The van der Waals surface area contributed by atoms with Crippen LogP contribution in [-0.4, -0.2) is 25.9 Å². The molecule has 0 bridgehead atoms. The number of amides is 1. The number of carbonyl (C=O) groups excluding carboxylic acids is 1. The number of carbonyl (C=O) groups is 1. The average molecular weight is 385 g/mol. The first-order valence-electron chi connectivity index (χ1n) is 8.10. The molecule has 27 heavy (non-hydrogen) atoms. The topological polar surface area (TPSA) is 72.7 Å². The van der Waals surface area contributed by atoms with Crippen LogP contribution in [0.3, 0.4) is 0 Å². The Hall–Kier alpha value is -3.20. The van der Waals surface area contributed by atoms with Gasteiger partial charge in [-0.15, -0.1) is 16.4 Å². The molecule has 136 valence electrons. The van der Waals surface area contributed by atoms with Gasteiger partial charge in [0.05, 0.1) is 11.2 Å². The predicted octanol–water partition coefficient (Wildman–Crippen LogP) is 4.11. The van der Waals surface area contributed by atoms with Crippen LogP contribution in [-0.2, 0) is 6.54 Å². The van der Waals surface area contributed by atoms with Crippen LogP contribution >= 0.6 is 11.3 Å². The molecule has 2 aromatic carbocycles. The van der Waals surface area contributed by atoms with Crippen LogP contribution in [0, 0.1) is 11.6 Å². The van der Waals surface area contributed by atoms with Gasteiger partial charge in [-0.2, -0.15) is 0 Å². The van der Waals surface area contributed by atoms with Crippen LogP contribution in [0.1, 0.15) is 17.3 Å². The highest BCUT2D eigenvalue weighted by atomic mass is 32.1. The van der Waals surface area contributed by atoms with Crippen molar-refractivity contribution in [3.05, 3.63) is 59.0 Å². The van der Waals surface area contributed by atoms with Gasteiger partial charge in [0.25, 0.3) is 5.91 Å². The van der Waals surface area contributed by atoms with Crippen molar-refractivity contribution in [2.45, 2.75) is 13.5 Å². The van der Waals surface area contributed by atoms with E-state index in [1.165, 1.54) is 0 Å². The fourth-order valence-corrected chi connectivity index (χ4v) is 3.37. The molecule has 0 atom stereocenters. The van der Waals surface area contributed by atoms with Gasteiger partial charge < -0.3 is 0 Å². The number of halogens is 2. The summed E-state index contributed by atoms with van der Waals surface area (Å²) in [6.07, 6.45) is 0. The molecule has 2 aromatic heterocycles. The lowest BCUT2D eigenvalue weighted by molar-refractivity contribution is 0.102. The smallest absolute Gasteiger partial charge is 0.257 e. The van der Waals surface area contributed by atoms with E-state index in [2.05, 4.69) is 20.6 Å². The van der Waals surface area contributed by atoms with Gasteiger partial charge in [-0.3, -0.25) is 10.1 Å². The van der Waals surface area contributed by atoms with E-state index in [1.807, 2.05) is 6.92 Å². The fraction of sp³-hybridized carbons (Fsp3) is 0.111. The second-order valence-corrected chi connectivity index (χ2v) is 6.58. The third-order valence-electron chi connectivity index (χ3n) is 4.00. The molecule has 0 spiro atoms. The van der Waals surface area contributed by atoms with Crippen LogP contribution < -0.4 is 5.32 Å². The zero-order chi connectivity index (χ0) is 19.0. The molecule has 9 heteroatoms. The first kappa shape index (κ1) is 17.2. The number of rotatable bonds is 4. The number of nitrogens with one attached hydrogen (secondary N) is 1. The van der Waals surface area contributed by atoms with Gasteiger partial charge in [-0.05, 0) is 43.3 Å². The third-order valence-corrected chi connectivity index (χ3v) is 4.76. The molecule has 1 N–H and O–H groups in total. The maximum atomic E-state index is 13.9. The lowest BCUT2D eigenvalue weighted by atomic mass is 10.1. The minimum atomic E-state index is -0.580. The summed E-state index contributed by atoms with van der Waals surface area (Å²) < 4.78 is 29.0. The van der Waals surface area contributed by atoms with E-state index in [0.717, 1.165) is 35.1 Å². The zero-order valence-corrected chi connectivity index (χ0v) is 14.9. The van der Waals surface area contributed by atoms with Gasteiger partial charge in [0.2, 0.25) is 0 Å². The Kier molecular flexibility index (Phi) is 4.36. The van der Waals surface area contributed by atoms with E-state index >= 15 is 0 Å². The highest BCUT2D eigenvalue weighted by Crippen LogP contribution is 2.28. The van der Waals surface area contributed by atoms with Gasteiger partial charge in [0, 0.05) is 23.1 Å². The number of nitrogens with zero attached hydrogens (tertiary/aromatic N) is 4. The third kappa shape index (κ3) is 3.28. The van der Waals surface area contributed by atoms with Crippen molar-refractivity contribution in [2.24, 2.45) is 0 Å². The van der Waals surface area contributed by atoms with Crippen LogP contribution in [0.5, 0.6) is 0 Å². The Bertz CT molecular complexity index is 1150. The number of thiazole rings is 1. The minimum Gasteiger partial charge on any atom is -0.298 e. The number of aryl methyl sites for hydroxylation is 1. The second-order valence-electron chi connectivity index (χ2n) is 5.72. The van der Waals surface area contributed by atoms with Gasteiger partial charge in [-0.1, -0.05) is 5.21 Å². The van der Waals surface area contributed by atoms with E-state index in [0.29, 0.717) is 17.6 Å². The molecule has 4 aromatic rings. The molecule has 0 fully saturated rings. The Labute approximate surface area is 156 Å². The Morgan fingerprint density at radius 2 is 2.07 bits per heavy atom. The summed E-state index contributed by atoms with van der Waals surface area (Å²) >= 11 is 1.13. The van der Waals surface area contributed by atoms with E-state index in [-0.39, 0.29) is 22.3 Å². The quantitative estimate of drug-likeness (QED) is 0.574. The molecule has 0 unspecified atom stereocenters. The first-order valence-corrected chi connectivity index (χ1v) is 8.98. The summed E-state index contributed by atoms with van der Waals surface area (Å²) in [6, 6.07) is 8.25. The highest BCUT2D eigenvalue weighted by Gasteiger charge is 2.14. The molecule has 0 saturated carbocycles. The molecule has 0 aliphatic rings. The standard InChI is InChI=1S/C18H13F2N5OS/c1-2-25-16-6-3-10(7-14(16)23-24-25)17(26)22-18-21-15(9-27-18)12-8-11(19)4-5-13(12)20/h3-9H,2H2,1H3,(H,21,22,26). The van der Waals surface area contributed by atoms with Gasteiger partial charge >= 0.3 is 0 Å². The Morgan fingerprint density at radius 1 is 1.22 bits per heavy atom.